The second-order valence-corrected chi connectivity index (χ2v) is 5.88. The minimum atomic E-state index is -0.543. The van der Waals surface area contributed by atoms with Gasteiger partial charge in [0.2, 0.25) is 0 Å². The molecule has 0 bridgehead atoms. The molecule has 21 heavy (non-hydrogen) atoms. The van der Waals surface area contributed by atoms with Crippen LogP contribution in [0.1, 0.15) is 23.0 Å². The van der Waals surface area contributed by atoms with Crippen LogP contribution in [0.25, 0.3) is 0 Å². The highest BCUT2D eigenvalue weighted by molar-refractivity contribution is 6.30. The van der Waals surface area contributed by atoms with E-state index >= 15 is 0 Å². The molecule has 112 valence electrons. The Morgan fingerprint density at radius 1 is 1.57 bits per heavy atom. The van der Waals surface area contributed by atoms with E-state index in [0.29, 0.717) is 30.4 Å². The fourth-order valence-corrected chi connectivity index (χ4v) is 2.74. The van der Waals surface area contributed by atoms with Crippen LogP contribution in [-0.2, 0) is 17.4 Å². The number of carbonyl (C=O) groups is 1. The highest BCUT2D eigenvalue weighted by atomic mass is 35.5. The van der Waals surface area contributed by atoms with Crippen molar-refractivity contribution in [1.29, 1.82) is 0 Å². The number of amides is 1. The molecular formula is C14H17ClN4O2. The summed E-state index contributed by atoms with van der Waals surface area (Å²) < 4.78 is 7.63. The lowest BCUT2D eigenvalue weighted by Gasteiger charge is -2.39. The highest BCUT2D eigenvalue weighted by Gasteiger charge is 2.37. The van der Waals surface area contributed by atoms with Crippen LogP contribution in [0.4, 0.5) is 0 Å². The third-order valence-corrected chi connectivity index (χ3v) is 3.97. The quantitative estimate of drug-likeness (QED) is 0.920. The number of morpholine rings is 1. The monoisotopic (exact) mass is 308 g/mol. The van der Waals surface area contributed by atoms with E-state index in [4.69, 9.17) is 16.3 Å². The van der Waals surface area contributed by atoms with Crippen LogP contribution < -0.4 is 0 Å². The van der Waals surface area contributed by atoms with Crippen LogP contribution in [-0.4, -0.2) is 45.3 Å². The lowest BCUT2D eigenvalue weighted by molar-refractivity contribution is -0.0931. The molecule has 0 radical (unpaired) electrons. The van der Waals surface area contributed by atoms with Crippen molar-refractivity contribution in [2.24, 2.45) is 7.05 Å². The van der Waals surface area contributed by atoms with E-state index in [1.54, 1.807) is 28.0 Å². The summed E-state index contributed by atoms with van der Waals surface area (Å²) in [5, 5.41) is 4.71. The Morgan fingerprint density at radius 2 is 2.38 bits per heavy atom. The average molecular weight is 309 g/mol. The number of aromatic nitrogens is 3. The lowest BCUT2D eigenvalue weighted by atomic mass is 9.97. The molecule has 1 amide bonds. The molecule has 2 aromatic rings. The second-order valence-electron chi connectivity index (χ2n) is 5.44. The van der Waals surface area contributed by atoms with Crippen molar-refractivity contribution in [3.63, 3.8) is 0 Å². The number of halogens is 1. The van der Waals surface area contributed by atoms with Gasteiger partial charge in [-0.1, -0.05) is 11.6 Å². The smallest absolute Gasteiger partial charge is 0.270 e. The van der Waals surface area contributed by atoms with Crippen molar-refractivity contribution in [3.8, 4) is 0 Å². The molecule has 6 nitrogen and oxygen atoms in total. The summed E-state index contributed by atoms with van der Waals surface area (Å²) in [6, 6.07) is 1.64. The van der Waals surface area contributed by atoms with Crippen molar-refractivity contribution < 1.29 is 9.53 Å². The average Bonchev–Trinajstić information content (AvgIpc) is 3.07. The molecule has 1 aliphatic rings. The first-order valence-corrected chi connectivity index (χ1v) is 7.12. The normalized spacial score (nSPS) is 22.5. The summed E-state index contributed by atoms with van der Waals surface area (Å²) in [4.78, 5) is 17.2. The van der Waals surface area contributed by atoms with Crippen molar-refractivity contribution in [2.45, 2.75) is 12.5 Å². The van der Waals surface area contributed by atoms with Crippen LogP contribution in [0.3, 0.4) is 0 Å². The van der Waals surface area contributed by atoms with Crippen molar-refractivity contribution in [2.75, 3.05) is 19.7 Å². The maximum Gasteiger partial charge on any atom is 0.270 e. The second kappa shape index (κ2) is 5.20. The van der Waals surface area contributed by atoms with Crippen LogP contribution in [0, 0.1) is 0 Å². The molecule has 3 rings (SSSR count). The first-order chi connectivity index (χ1) is 9.98. The molecule has 1 saturated heterocycles. The summed E-state index contributed by atoms with van der Waals surface area (Å²) in [6.45, 7) is 3.51. The minimum Gasteiger partial charge on any atom is -0.367 e. The zero-order valence-corrected chi connectivity index (χ0v) is 12.7. The van der Waals surface area contributed by atoms with Gasteiger partial charge in [-0.3, -0.25) is 9.48 Å². The van der Waals surface area contributed by atoms with E-state index in [0.717, 1.165) is 5.56 Å². The van der Waals surface area contributed by atoms with Crippen molar-refractivity contribution in [1.82, 2.24) is 19.7 Å². The fraction of sp³-hybridized carbons (Fsp3) is 0.429. The maximum absolute atomic E-state index is 12.5. The molecule has 2 aromatic heterocycles. The first kappa shape index (κ1) is 14.2. The number of H-pyrrole nitrogens is 1. The molecule has 0 aliphatic carbocycles. The number of hydrogen-bond acceptors (Lipinski definition) is 3. The third-order valence-electron chi connectivity index (χ3n) is 3.76. The van der Waals surface area contributed by atoms with Crippen LogP contribution in [0.2, 0.25) is 5.02 Å². The van der Waals surface area contributed by atoms with E-state index in [9.17, 15) is 4.79 Å². The minimum absolute atomic E-state index is 0.0692. The summed E-state index contributed by atoms with van der Waals surface area (Å²) in [5.41, 5.74) is 0.918. The van der Waals surface area contributed by atoms with Gasteiger partial charge in [-0.25, -0.2) is 0 Å². The van der Waals surface area contributed by atoms with Gasteiger partial charge in [0.15, 0.2) is 0 Å². The molecule has 1 aliphatic heterocycles. The van der Waals surface area contributed by atoms with Gasteiger partial charge < -0.3 is 14.6 Å². The summed E-state index contributed by atoms with van der Waals surface area (Å²) >= 11 is 5.86. The fourth-order valence-electron chi connectivity index (χ4n) is 2.57. The number of aryl methyl sites for hydroxylation is 1. The van der Waals surface area contributed by atoms with E-state index in [-0.39, 0.29) is 5.91 Å². The molecule has 0 aromatic carbocycles. The lowest BCUT2D eigenvalue weighted by Crippen LogP contribution is -2.50. The molecule has 3 heterocycles. The van der Waals surface area contributed by atoms with E-state index in [1.165, 1.54) is 0 Å². The molecule has 0 unspecified atom stereocenters. The van der Waals surface area contributed by atoms with Gasteiger partial charge in [0.1, 0.15) is 11.3 Å². The third kappa shape index (κ3) is 2.69. The predicted molar refractivity (Wildman–Crippen MR) is 78.2 cm³/mol. The topological polar surface area (TPSA) is 63.2 Å². The van der Waals surface area contributed by atoms with Gasteiger partial charge >= 0.3 is 0 Å². The van der Waals surface area contributed by atoms with Crippen molar-refractivity contribution >= 4 is 17.5 Å². The standard InChI is InChI=1S/C14H17ClN4O2/c1-14(10-6-17-18(2)8-10)9-19(3-4-21-14)13(20)12-5-11(15)7-16-12/h5-8,16H,3-4,9H2,1-2H3/t14-/m0/s1. The number of aromatic amines is 1. The number of hydrogen-bond donors (Lipinski definition) is 1. The number of nitrogens with one attached hydrogen (secondary N) is 1. The van der Waals surface area contributed by atoms with Gasteiger partial charge in [0, 0.05) is 31.5 Å². The SMILES string of the molecule is Cn1cc([C@]2(C)CN(C(=O)c3cc(Cl)c[nH]3)CCO2)cn1. The molecular weight excluding hydrogens is 292 g/mol. The molecule has 1 atom stereocenters. The Labute approximate surface area is 127 Å². The Morgan fingerprint density at radius 3 is 3.00 bits per heavy atom. The number of rotatable bonds is 2. The van der Waals surface area contributed by atoms with Gasteiger partial charge in [-0.05, 0) is 13.0 Å². The van der Waals surface area contributed by atoms with Crippen molar-refractivity contribution in [3.05, 3.63) is 40.9 Å². The summed E-state index contributed by atoms with van der Waals surface area (Å²) in [5.74, 6) is -0.0692. The first-order valence-electron chi connectivity index (χ1n) is 6.74. The number of nitrogens with zero attached hydrogens (tertiary/aromatic N) is 3. The van der Waals surface area contributed by atoms with Crippen LogP contribution >= 0.6 is 11.6 Å². The van der Waals surface area contributed by atoms with Gasteiger partial charge in [0.05, 0.1) is 24.4 Å². The van der Waals surface area contributed by atoms with Gasteiger partial charge in [-0.15, -0.1) is 0 Å². The van der Waals surface area contributed by atoms with Crippen LogP contribution in [0.5, 0.6) is 0 Å². The zero-order valence-electron chi connectivity index (χ0n) is 12.0. The van der Waals surface area contributed by atoms with E-state index < -0.39 is 5.60 Å². The summed E-state index contributed by atoms with van der Waals surface area (Å²) in [6.07, 6.45) is 5.30. The molecule has 1 N–H and O–H groups in total. The molecule has 0 spiro atoms. The zero-order chi connectivity index (χ0) is 15.0. The van der Waals surface area contributed by atoms with Gasteiger partial charge in [0.25, 0.3) is 5.91 Å². The predicted octanol–water partition coefficient (Wildman–Crippen LogP) is 1.79. The van der Waals surface area contributed by atoms with E-state index in [1.807, 2.05) is 20.2 Å². The molecule has 1 fully saturated rings. The van der Waals surface area contributed by atoms with Gasteiger partial charge in [-0.2, -0.15) is 5.10 Å². The molecule has 7 heteroatoms. The number of ether oxygens (including phenoxy) is 1. The Kier molecular flexibility index (Phi) is 3.51. The van der Waals surface area contributed by atoms with E-state index in [2.05, 4.69) is 10.1 Å². The largest absolute Gasteiger partial charge is 0.367 e. The number of carbonyl (C=O) groups excluding carboxylic acids is 1. The Hall–Kier alpha value is -1.79. The Bertz CT molecular complexity index is 665. The highest BCUT2D eigenvalue weighted by Crippen LogP contribution is 2.29. The van der Waals surface area contributed by atoms with Crippen LogP contribution in [0.15, 0.2) is 24.7 Å². The molecule has 0 saturated carbocycles. The maximum atomic E-state index is 12.5. The summed E-state index contributed by atoms with van der Waals surface area (Å²) in [7, 11) is 1.86. The Balaban J connectivity index is 1.81.